The molecule has 7 heteroatoms. The second-order valence-electron chi connectivity index (χ2n) is 5.24. The Morgan fingerprint density at radius 3 is 2.70 bits per heavy atom. The van der Waals surface area contributed by atoms with Gasteiger partial charge < -0.3 is 14.8 Å². The molecule has 0 saturated carbocycles. The lowest BCUT2D eigenvalue weighted by Gasteiger charge is -2.15. The Hall–Kier alpha value is -2.41. The number of benzene rings is 1. The van der Waals surface area contributed by atoms with E-state index in [0.717, 1.165) is 12.0 Å². The van der Waals surface area contributed by atoms with Crippen LogP contribution in [0, 0.1) is 0 Å². The van der Waals surface area contributed by atoms with Crippen LogP contribution in [-0.4, -0.2) is 36.7 Å². The molecule has 1 fully saturated rings. The SMILES string of the molecule is C[C@H](OC(=O)[C@@H]1CCCO1)C(=O)NC(=O)NCc1ccccc1. The predicted molar refractivity (Wildman–Crippen MR) is 81.3 cm³/mol. The number of amides is 3. The van der Waals surface area contributed by atoms with E-state index in [2.05, 4.69) is 10.6 Å². The average Bonchev–Trinajstić information content (AvgIpc) is 3.08. The van der Waals surface area contributed by atoms with Gasteiger partial charge in [-0.3, -0.25) is 10.1 Å². The fourth-order valence-electron chi connectivity index (χ4n) is 2.10. The van der Waals surface area contributed by atoms with Gasteiger partial charge in [-0.25, -0.2) is 9.59 Å². The summed E-state index contributed by atoms with van der Waals surface area (Å²) in [6.07, 6.45) is -0.293. The van der Waals surface area contributed by atoms with Crippen molar-refractivity contribution in [2.24, 2.45) is 0 Å². The normalized spacial score (nSPS) is 18.0. The number of hydrogen-bond donors (Lipinski definition) is 2. The van der Waals surface area contributed by atoms with Gasteiger partial charge in [-0.15, -0.1) is 0 Å². The Bertz CT molecular complexity index is 555. The van der Waals surface area contributed by atoms with Crippen LogP contribution in [0.5, 0.6) is 0 Å². The lowest BCUT2D eigenvalue weighted by atomic mass is 10.2. The van der Waals surface area contributed by atoms with Crippen molar-refractivity contribution in [2.75, 3.05) is 6.61 Å². The molecule has 2 atom stereocenters. The fraction of sp³-hybridized carbons (Fsp3) is 0.438. The molecule has 0 aliphatic carbocycles. The summed E-state index contributed by atoms with van der Waals surface area (Å²) in [4.78, 5) is 35.2. The third-order valence-corrected chi connectivity index (χ3v) is 3.39. The topological polar surface area (TPSA) is 93.7 Å². The van der Waals surface area contributed by atoms with Gasteiger partial charge in [0, 0.05) is 13.2 Å². The highest BCUT2D eigenvalue weighted by molar-refractivity contribution is 5.97. The number of rotatable bonds is 5. The zero-order valence-electron chi connectivity index (χ0n) is 12.9. The van der Waals surface area contributed by atoms with Gasteiger partial charge >= 0.3 is 12.0 Å². The van der Waals surface area contributed by atoms with Crippen molar-refractivity contribution >= 4 is 17.9 Å². The van der Waals surface area contributed by atoms with Crippen LogP contribution in [0.25, 0.3) is 0 Å². The standard InChI is InChI=1S/C16H20N2O5/c1-11(23-15(20)13-8-5-9-22-13)14(19)18-16(21)17-10-12-6-3-2-4-7-12/h2-4,6-7,11,13H,5,8-10H2,1H3,(H2,17,18,19,21)/t11-,13-/m0/s1. The number of carbonyl (C=O) groups is 3. The highest BCUT2D eigenvalue weighted by atomic mass is 16.6. The molecule has 124 valence electrons. The molecule has 1 aromatic rings. The zero-order chi connectivity index (χ0) is 16.7. The maximum Gasteiger partial charge on any atom is 0.336 e. The highest BCUT2D eigenvalue weighted by Gasteiger charge is 2.28. The molecule has 0 spiro atoms. The Kier molecular flexibility index (Phi) is 6.10. The summed E-state index contributed by atoms with van der Waals surface area (Å²) < 4.78 is 10.2. The number of ether oxygens (including phenoxy) is 2. The molecule has 23 heavy (non-hydrogen) atoms. The number of nitrogens with one attached hydrogen (secondary N) is 2. The number of urea groups is 1. The van der Waals surface area contributed by atoms with Crippen LogP contribution in [0.15, 0.2) is 30.3 Å². The molecule has 1 aliphatic rings. The maximum absolute atomic E-state index is 11.8. The molecule has 3 amide bonds. The summed E-state index contributed by atoms with van der Waals surface area (Å²) >= 11 is 0. The van der Waals surface area contributed by atoms with E-state index in [1.54, 1.807) is 0 Å². The average molecular weight is 320 g/mol. The van der Waals surface area contributed by atoms with E-state index in [1.165, 1.54) is 6.92 Å². The molecule has 1 saturated heterocycles. The van der Waals surface area contributed by atoms with Crippen molar-refractivity contribution in [3.8, 4) is 0 Å². The molecule has 0 bridgehead atoms. The summed E-state index contributed by atoms with van der Waals surface area (Å²) in [6.45, 7) is 2.22. The van der Waals surface area contributed by atoms with E-state index in [0.29, 0.717) is 19.6 Å². The monoisotopic (exact) mass is 320 g/mol. The smallest absolute Gasteiger partial charge is 0.336 e. The third kappa shape index (κ3) is 5.37. The van der Waals surface area contributed by atoms with Gasteiger partial charge in [0.15, 0.2) is 12.2 Å². The molecule has 0 radical (unpaired) electrons. The van der Waals surface area contributed by atoms with Gasteiger partial charge in [0.25, 0.3) is 5.91 Å². The Balaban J connectivity index is 1.72. The van der Waals surface area contributed by atoms with Crippen LogP contribution in [0.1, 0.15) is 25.3 Å². The highest BCUT2D eigenvalue weighted by Crippen LogP contribution is 2.14. The van der Waals surface area contributed by atoms with Gasteiger partial charge in [0.05, 0.1) is 0 Å². The first-order valence-corrected chi connectivity index (χ1v) is 7.51. The summed E-state index contributed by atoms with van der Waals surface area (Å²) in [5, 5.41) is 4.70. The number of esters is 1. The Morgan fingerprint density at radius 2 is 2.04 bits per heavy atom. The second-order valence-corrected chi connectivity index (χ2v) is 5.24. The molecule has 7 nitrogen and oxygen atoms in total. The molecule has 1 aliphatic heterocycles. The maximum atomic E-state index is 11.8. The molecule has 2 rings (SSSR count). The Labute approximate surface area is 134 Å². The fourth-order valence-corrected chi connectivity index (χ4v) is 2.10. The summed E-state index contributed by atoms with van der Waals surface area (Å²) in [5.41, 5.74) is 0.910. The minimum Gasteiger partial charge on any atom is -0.451 e. The predicted octanol–water partition coefficient (Wildman–Crippen LogP) is 1.12. The van der Waals surface area contributed by atoms with E-state index >= 15 is 0 Å². The largest absolute Gasteiger partial charge is 0.451 e. The van der Waals surface area contributed by atoms with Crippen molar-refractivity contribution in [3.63, 3.8) is 0 Å². The second kappa shape index (κ2) is 8.28. The molecule has 0 unspecified atom stereocenters. The lowest BCUT2D eigenvalue weighted by molar-refractivity contribution is -0.163. The lowest BCUT2D eigenvalue weighted by Crippen LogP contribution is -2.45. The zero-order valence-corrected chi connectivity index (χ0v) is 12.9. The number of imide groups is 1. The Morgan fingerprint density at radius 1 is 1.30 bits per heavy atom. The molecule has 1 aromatic carbocycles. The van der Waals surface area contributed by atoms with Crippen LogP contribution in [0.4, 0.5) is 4.79 Å². The van der Waals surface area contributed by atoms with E-state index in [-0.39, 0.29) is 0 Å². The van der Waals surface area contributed by atoms with Crippen molar-refractivity contribution in [1.82, 2.24) is 10.6 Å². The van der Waals surface area contributed by atoms with Gasteiger partial charge in [0.1, 0.15) is 0 Å². The van der Waals surface area contributed by atoms with E-state index in [4.69, 9.17) is 9.47 Å². The van der Waals surface area contributed by atoms with Crippen LogP contribution < -0.4 is 10.6 Å². The summed E-state index contributed by atoms with van der Waals surface area (Å²) in [5.74, 6) is -1.25. The van der Waals surface area contributed by atoms with Crippen LogP contribution in [-0.2, 0) is 25.6 Å². The first-order valence-electron chi connectivity index (χ1n) is 7.51. The van der Waals surface area contributed by atoms with E-state index < -0.39 is 30.1 Å². The summed E-state index contributed by atoms with van der Waals surface area (Å²) in [7, 11) is 0. The van der Waals surface area contributed by atoms with Crippen molar-refractivity contribution in [3.05, 3.63) is 35.9 Å². The van der Waals surface area contributed by atoms with Crippen molar-refractivity contribution in [2.45, 2.75) is 38.5 Å². The van der Waals surface area contributed by atoms with Crippen LogP contribution in [0.3, 0.4) is 0 Å². The third-order valence-electron chi connectivity index (χ3n) is 3.39. The molecule has 2 N–H and O–H groups in total. The summed E-state index contributed by atoms with van der Waals surface area (Å²) in [6, 6.07) is 8.65. The van der Waals surface area contributed by atoms with E-state index in [9.17, 15) is 14.4 Å². The van der Waals surface area contributed by atoms with Gasteiger partial charge in [-0.1, -0.05) is 30.3 Å². The molecular formula is C16H20N2O5. The minimum absolute atomic E-state index is 0.296. The first kappa shape index (κ1) is 17.0. The van der Waals surface area contributed by atoms with Crippen molar-refractivity contribution < 1.29 is 23.9 Å². The van der Waals surface area contributed by atoms with Gasteiger partial charge in [0.2, 0.25) is 0 Å². The van der Waals surface area contributed by atoms with E-state index in [1.807, 2.05) is 30.3 Å². The molecular weight excluding hydrogens is 300 g/mol. The number of carbonyl (C=O) groups excluding carboxylic acids is 3. The molecule has 1 heterocycles. The molecule has 0 aromatic heterocycles. The van der Waals surface area contributed by atoms with Gasteiger partial charge in [-0.05, 0) is 25.3 Å². The van der Waals surface area contributed by atoms with Crippen molar-refractivity contribution in [1.29, 1.82) is 0 Å². The van der Waals surface area contributed by atoms with Crippen LogP contribution in [0.2, 0.25) is 0 Å². The number of hydrogen-bond acceptors (Lipinski definition) is 5. The minimum atomic E-state index is -1.06. The van der Waals surface area contributed by atoms with Gasteiger partial charge in [-0.2, -0.15) is 0 Å². The first-order chi connectivity index (χ1) is 11.1. The quantitative estimate of drug-likeness (QED) is 0.793. The van der Waals surface area contributed by atoms with Crippen LogP contribution >= 0.6 is 0 Å².